The van der Waals surface area contributed by atoms with Gasteiger partial charge in [0.05, 0.1) is 18.0 Å². The van der Waals surface area contributed by atoms with Gasteiger partial charge < -0.3 is 4.90 Å². The molecule has 0 unspecified atom stereocenters. The molecular weight excluding hydrogens is 533 g/mol. The number of halogens is 1. The van der Waals surface area contributed by atoms with Crippen molar-refractivity contribution in [2.45, 2.75) is 43.1 Å². The summed E-state index contributed by atoms with van der Waals surface area (Å²) in [6, 6.07) is 11.4. The highest BCUT2D eigenvalue weighted by molar-refractivity contribution is 7.91. The second-order valence-corrected chi connectivity index (χ2v) is 12.2. The van der Waals surface area contributed by atoms with Gasteiger partial charge in [0.25, 0.3) is 5.56 Å². The van der Waals surface area contributed by atoms with Gasteiger partial charge in [0.1, 0.15) is 23.3 Å². The van der Waals surface area contributed by atoms with Gasteiger partial charge in [0.15, 0.2) is 5.65 Å². The van der Waals surface area contributed by atoms with Crippen LogP contribution in [-0.4, -0.2) is 67.1 Å². The van der Waals surface area contributed by atoms with Crippen molar-refractivity contribution in [3.63, 3.8) is 0 Å². The molecule has 10 nitrogen and oxygen atoms in total. The third-order valence-corrected chi connectivity index (χ3v) is 9.74. The van der Waals surface area contributed by atoms with Crippen LogP contribution in [0.5, 0.6) is 0 Å². The summed E-state index contributed by atoms with van der Waals surface area (Å²) in [5.41, 5.74) is 3.50. The molecule has 1 saturated heterocycles. The van der Waals surface area contributed by atoms with Crippen LogP contribution in [0.15, 0.2) is 71.1 Å². The van der Waals surface area contributed by atoms with Crippen molar-refractivity contribution in [3.05, 3.63) is 94.2 Å². The van der Waals surface area contributed by atoms with E-state index in [-0.39, 0.29) is 23.1 Å². The number of rotatable bonds is 7. The first-order chi connectivity index (χ1) is 19.3. The summed E-state index contributed by atoms with van der Waals surface area (Å²) in [4.78, 5) is 32.5. The molecule has 0 atom stereocenters. The van der Waals surface area contributed by atoms with Crippen molar-refractivity contribution in [1.29, 1.82) is 0 Å². The lowest BCUT2D eigenvalue weighted by atomic mass is 10.1. The Hall–Kier alpha value is -4.03. The van der Waals surface area contributed by atoms with Gasteiger partial charge in [-0.05, 0) is 69.1 Å². The molecule has 12 heteroatoms. The van der Waals surface area contributed by atoms with Crippen molar-refractivity contribution in [1.82, 2.24) is 33.8 Å². The Morgan fingerprint density at radius 3 is 2.60 bits per heavy atom. The number of piperidine rings is 1. The van der Waals surface area contributed by atoms with E-state index in [9.17, 15) is 17.6 Å². The molecule has 6 rings (SSSR count). The zero-order chi connectivity index (χ0) is 27.9. The Morgan fingerprint density at radius 1 is 1.05 bits per heavy atom. The van der Waals surface area contributed by atoms with E-state index < -0.39 is 15.1 Å². The fraction of sp³-hybridized carbons (Fsp3) is 0.321. The molecule has 5 aromatic rings. The molecule has 1 aliphatic rings. The van der Waals surface area contributed by atoms with Crippen LogP contribution in [0.25, 0.3) is 16.8 Å². The Labute approximate surface area is 230 Å². The summed E-state index contributed by atoms with van der Waals surface area (Å²) >= 11 is 0. The average molecular weight is 562 g/mol. The van der Waals surface area contributed by atoms with Crippen LogP contribution in [-0.2, 0) is 22.8 Å². The maximum absolute atomic E-state index is 13.9. The monoisotopic (exact) mass is 561 g/mol. The largest absolute Gasteiger partial charge is 0.303 e. The third kappa shape index (κ3) is 4.88. The van der Waals surface area contributed by atoms with Gasteiger partial charge in [0.2, 0.25) is 15.0 Å². The molecule has 206 valence electrons. The molecule has 0 radical (unpaired) electrons. The summed E-state index contributed by atoms with van der Waals surface area (Å²) in [5, 5.41) is -0.646. The van der Waals surface area contributed by atoms with Gasteiger partial charge in [-0.15, -0.1) is 0 Å². The number of imidazole rings is 1. The van der Waals surface area contributed by atoms with E-state index >= 15 is 0 Å². The summed E-state index contributed by atoms with van der Waals surface area (Å²) in [5.74, 6) is -0.363. The molecule has 0 bridgehead atoms. The first-order valence-electron chi connectivity index (χ1n) is 13.1. The Kier molecular flexibility index (Phi) is 6.88. The maximum Gasteiger partial charge on any atom is 0.261 e. The van der Waals surface area contributed by atoms with Crippen molar-refractivity contribution < 1.29 is 12.8 Å². The van der Waals surface area contributed by atoms with Crippen LogP contribution >= 0.6 is 0 Å². The van der Waals surface area contributed by atoms with Crippen LogP contribution < -0.4 is 5.56 Å². The molecule has 0 amide bonds. The number of aryl methyl sites for hydroxylation is 1. The minimum atomic E-state index is -3.79. The predicted octanol–water partition coefficient (Wildman–Crippen LogP) is 2.81. The highest BCUT2D eigenvalue weighted by Gasteiger charge is 2.35. The highest BCUT2D eigenvalue weighted by atomic mass is 32.2. The summed E-state index contributed by atoms with van der Waals surface area (Å²) in [6.45, 7) is 3.86. The van der Waals surface area contributed by atoms with Crippen LogP contribution in [0.1, 0.15) is 29.7 Å². The zero-order valence-electron chi connectivity index (χ0n) is 21.9. The van der Waals surface area contributed by atoms with Gasteiger partial charge in [-0.2, -0.15) is 0 Å². The normalized spacial score (nSPS) is 15.2. The average Bonchev–Trinajstić information content (AvgIpc) is 3.33. The minimum Gasteiger partial charge on any atom is -0.303 e. The van der Waals surface area contributed by atoms with E-state index in [4.69, 9.17) is 0 Å². The smallest absolute Gasteiger partial charge is 0.261 e. The third-order valence-electron chi connectivity index (χ3n) is 7.57. The van der Waals surface area contributed by atoms with Crippen molar-refractivity contribution in [2.24, 2.45) is 0 Å². The summed E-state index contributed by atoms with van der Waals surface area (Å²) < 4.78 is 44.3. The van der Waals surface area contributed by atoms with E-state index in [2.05, 4.69) is 24.8 Å². The van der Waals surface area contributed by atoms with E-state index in [0.29, 0.717) is 61.3 Å². The number of likely N-dealkylation sites (tertiary alicyclic amines) is 1. The minimum absolute atomic E-state index is 0.0448. The van der Waals surface area contributed by atoms with Gasteiger partial charge in [-0.3, -0.25) is 13.8 Å². The molecule has 40 heavy (non-hydrogen) atoms. The van der Waals surface area contributed by atoms with E-state index in [1.54, 1.807) is 33.4 Å². The first-order valence-corrected chi connectivity index (χ1v) is 14.7. The lowest BCUT2D eigenvalue weighted by Gasteiger charge is -2.31. The van der Waals surface area contributed by atoms with E-state index in [0.717, 1.165) is 11.3 Å². The van der Waals surface area contributed by atoms with Crippen molar-refractivity contribution in [3.8, 4) is 0 Å². The van der Waals surface area contributed by atoms with Crippen LogP contribution in [0, 0.1) is 12.7 Å². The van der Waals surface area contributed by atoms with E-state index in [1.165, 1.54) is 24.7 Å². The topological polar surface area (TPSA) is 115 Å². The SMILES string of the molecule is Cc1nc2ccccn2c(=O)c1CCN1CCC(S(=O)(=O)c2nc3cncnc3n2Cc2ccc(F)cc2)CC1. The van der Waals surface area contributed by atoms with Crippen molar-refractivity contribution in [2.75, 3.05) is 19.6 Å². The fourth-order valence-corrected chi connectivity index (χ4v) is 7.19. The second kappa shape index (κ2) is 10.5. The lowest BCUT2D eigenvalue weighted by molar-refractivity contribution is 0.232. The molecule has 0 aliphatic carbocycles. The maximum atomic E-state index is 13.9. The zero-order valence-corrected chi connectivity index (χ0v) is 22.8. The molecule has 5 heterocycles. The number of hydrogen-bond acceptors (Lipinski definition) is 8. The number of sulfone groups is 1. The summed E-state index contributed by atoms with van der Waals surface area (Å²) in [7, 11) is -3.79. The van der Waals surface area contributed by atoms with Crippen LogP contribution in [0.4, 0.5) is 4.39 Å². The molecule has 1 fully saturated rings. The van der Waals surface area contributed by atoms with Crippen LogP contribution in [0.3, 0.4) is 0 Å². The van der Waals surface area contributed by atoms with Crippen LogP contribution in [0.2, 0.25) is 0 Å². The van der Waals surface area contributed by atoms with Gasteiger partial charge >= 0.3 is 0 Å². The molecule has 1 aliphatic heterocycles. The van der Waals surface area contributed by atoms with Gasteiger partial charge in [0, 0.05) is 24.0 Å². The van der Waals surface area contributed by atoms with E-state index in [1.807, 2.05) is 19.1 Å². The number of hydrogen-bond donors (Lipinski definition) is 0. The standard InChI is InChI=1S/C28H28FN7O3S/c1-19-23(27(37)35-12-3-2-4-25(35)32-19)11-15-34-13-9-22(10-14-34)40(38,39)28-33-24-16-30-18-31-26(24)36(28)17-20-5-7-21(29)8-6-20/h2-8,12,16,18,22H,9-11,13-15,17H2,1H3. The highest BCUT2D eigenvalue weighted by Crippen LogP contribution is 2.27. The van der Waals surface area contributed by atoms with Gasteiger partial charge in [-0.25, -0.2) is 32.7 Å². The number of aromatic nitrogens is 6. The Morgan fingerprint density at radius 2 is 1.82 bits per heavy atom. The number of benzene rings is 1. The number of fused-ring (bicyclic) bond motifs is 2. The molecule has 4 aromatic heterocycles. The summed E-state index contributed by atoms with van der Waals surface area (Å²) in [6.07, 6.45) is 6.01. The fourth-order valence-electron chi connectivity index (χ4n) is 5.38. The van der Waals surface area contributed by atoms with Crippen molar-refractivity contribution >= 4 is 26.6 Å². The molecule has 1 aromatic carbocycles. The number of pyridine rings is 1. The lowest BCUT2D eigenvalue weighted by Crippen LogP contribution is -2.41. The predicted molar refractivity (Wildman–Crippen MR) is 147 cm³/mol. The molecule has 0 spiro atoms. The number of nitrogens with zero attached hydrogens (tertiary/aromatic N) is 7. The first kappa shape index (κ1) is 26.2. The molecular formula is C28H28FN7O3S. The quantitative estimate of drug-likeness (QED) is 0.298. The Bertz CT molecular complexity index is 1860. The molecule has 0 N–H and O–H groups in total. The van der Waals surface area contributed by atoms with Gasteiger partial charge in [-0.1, -0.05) is 18.2 Å². The Balaban J connectivity index is 1.19. The molecule has 0 saturated carbocycles. The second-order valence-electron chi connectivity index (χ2n) is 10.1.